The maximum Gasteiger partial charge on any atom is 0.321 e. The highest BCUT2D eigenvalue weighted by atomic mass is 16.5. The zero-order chi connectivity index (χ0) is 20.9. The van der Waals surface area contributed by atoms with Crippen molar-refractivity contribution in [2.75, 3.05) is 74.7 Å². The Balaban J connectivity index is 1.34. The fourth-order valence-electron chi connectivity index (χ4n) is 3.67. The molecule has 160 valence electrons. The largest absolute Gasteiger partial charge is 0.497 e. The minimum atomic E-state index is -0.0837. The molecule has 1 N–H and O–H groups in total. The van der Waals surface area contributed by atoms with Gasteiger partial charge in [0, 0.05) is 51.2 Å². The molecule has 2 amide bonds. The number of anilines is 3. The molecule has 9 heteroatoms. The number of nitrogens with one attached hydrogen (secondary N) is 1. The SMILES string of the molecule is COc1ccc(NC(=O)N2CCN(c3ccnc(N4CCOCC4)n3)CC2)c(C)c1. The van der Waals surface area contributed by atoms with Gasteiger partial charge in [-0.2, -0.15) is 4.98 Å². The van der Waals surface area contributed by atoms with E-state index in [0.29, 0.717) is 26.3 Å². The number of amides is 2. The first kappa shape index (κ1) is 20.2. The molecule has 2 saturated heterocycles. The Kier molecular flexibility index (Phi) is 6.18. The standard InChI is InChI=1S/C21H28N6O3/c1-16-15-17(29-2)3-4-18(16)23-21(28)27-9-7-25(8-10-27)19-5-6-22-20(24-19)26-11-13-30-14-12-26/h3-6,15H,7-14H2,1-2H3,(H,23,28). The van der Waals surface area contributed by atoms with E-state index in [9.17, 15) is 4.79 Å². The molecule has 0 unspecified atom stereocenters. The van der Waals surface area contributed by atoms with Crippen LogP contribution in [0.25, 0.3) is 0 Å². The molecule has 2 aliphatic rings. The number of benzene rings is 1. The fraction of sp³-hybridized carbons (Fsp3) is 0.476. The number of carbonyl (C=O) groups excluding carboxylic acids is 1. The number of carbonyl (C=O) groups is 1. The zero-order valence-corrected chi connectivity index (χ0v) is 17.5. The van der Waals surface area contributed by atoms with Crippen LogP contribution in [-0.2, 0) is 4.74 Å². The Bertz CT molecular complexity index is 879. The predicted octanol–water partition coefficient (Wildman–Crippen LogP) is 1.98. The minimum Gasteiger partial charge on any atom is -0.497 e. The molecule has 0 aliphatic carbocycles. The summed E-state index contributed by atoms with van der Waals surface area (Å²) in [5.74, 6) is 2.42. The molecule has 1 aromatic heterocycles. The number of hydrogen-bond acceptors (Lipinski definition) is 7. The van der Waals surface area contributed by atoms with E-state index in [2.05, 4.69) is 20.1 Å². The first-order chi connectivity index (χ1) is 14.6. The van der Waals surface area contributed by atoms with Crippen LogP contribution in [0.15, 0.2) is 30.5 Å². The summed E-state index contributed by atoms with van der Waals surface area (Å²) < 4.78 is 10.6. The molecular weight excluding hydrogens is 384 g/mol. The molecule has 2 aromatic rings. The lowest BCUT2D eigenvalue weighted by molar-refractivity contribution is 0.122. The van der Waals surface area contributed by atoms with Gasteiger partial charge >= 0.3 is 6.03 Å². The van der Waals surface area contributed by atoms with E-state index >= 15 is 0 Å². The number of nitrogens with zero attached hydrogens (tertiary/aromatic N) is 5. The topological polar surface area (TPSA) is 83.1 Å². The van der Waals surface area contributed by atoms with Crippen molar-refractivity contribution in [2.45, 2.75) is 6.92 Å². The molecule has 9 nitrogen and oxygen atoms in total. The second kappa shape index (κ2) is 9.17. The van der Waals surface area contributed by atoms with Gasteiger partial charge in [0.2, 0.25) is 5.95 Å². The van der Waals surface area contributed by atoms with E-state index in [1.54, 1.807) is 13.3 Å². The molecular formula is C21H28N6O3. The molecule has 30 heavy (non-hydrogen) atoms. The second-order valence-electron chi connectivity index (χ2n) is 7.40. The lowest BCUT2D eigenvalue weighted by Crippen LogP contribution is -2.50. The van der Waals surface area contributed by atoms with Crippen LogP contribution in [0, 0.1) is 6.92 Å². The molecule has 0 saturated carbocycles. The van der Waals surface area contributed by atoms with Gasteiger partial charge < -0.3 is 29.5 Å². The van der Waals surface area contributed by atoms with E-state index in [0.717, 1.165) is 54.9 Å². The van der Waals surface area contributed by atoms with Crippen molar-refractivity contribution in [3.63, 3.8) is 0 Å². The third-order valence-electron chi connectivity index (χ3n) is 5.49. The summed E-state index contributed by atoms with van der Waals surface area (Å²) in [6.45, 7) is 7.71. The van der Waals surface area contributed by atoms with E-state index in [4.69, 9.17) is 14.5 Å². The molecule has 3 heterocycles. The summed E-state index contributed by atoms with van der Waals surface area (Å²) in [5.41, 5.74) is 1.77. The van der Waals surface area contributed by atoms with Crippen molar-refractivity contribution in [3.8, 4) is 5.75 Å². The molecule has 1 aromatic carbocycles. The number of hydrogen-bond donors (Lipinski definition) is 1. The van der Waals surface area contributed by atoms with Gasteiger partial charge in [-0.3, -0.25) is 0 Å². The second-order valence-corrected chi connectivity index (χ2v) is 7.40. The van der Waals surface area contributed by atoms with Crippen molar-refractivity contribution in [3.05, 3.63) is 36.0 Å². The first-order valence-electron chi connectivity index (χ1n) is 10.3. The van der Waals surface area contributed by atoms with Crippen LogP contribution in [0.1, 0.15) is 5.56 Å². The van der Waals surface area contributed by atoms with Crippen molar-refractivity contribution >= 4 is 23.5 Å². The monoisotopic (exact) mass is 412 g/mol. The fourth-order valence-corrected chi connectivity index (χ4v) is 3.67. The Labute approximate surface area is 176 Å². The van der Waals surface area contributed by atoms with Gasteiger partial charge in [-0.15, -0.1) is 0 Å². The van der Waals surface area contributed by atoms with Crippen molar-refractivity contribution in [2.24, 2.45) is 0 Å². The van der Waals surface area contributed by atoms with Crippen LogP contribution < -0.4 is 19.9 Å². The maximum atomic E-state index is 12.7. The highest BCUT2D eigenvalue weighted by molar-refractivity contribution is 5.90. The zero-order valence-electron chi connectivity index (χ0n) is 17.5. The maximum absolute atomic E-state index is 12.7. The number of ether oxygens (including phenoxy) is 2. The average Bonchev–Trinajstić information content (AvgIpc) is 2.81. The Hall–Kier alpha value is -3.07. The first-order valence-corrected chi connectivity index (χ1v) is 10.3. The number of methoxy groups -OCH3 is 1. The normalized spacial score (nSPS) is 17.1. The smallest absolute Gasteiger partial charge is 0.321 e. The number of morpholine rings is 1. The van der Waals surface area contributed by atoms with Gasteiger partial charge in [-0.05, 0) is 36.8 Å². The van der Waals surface area contributed by atoms with Crippen LogP contribution in [0.4, 0.5) is 22.2 Å². The van der Waals surface area contributed by atoms with Gasteiger partial charge in [0.25, 0.3) is 0 Å². The third kappa shape index (κ3) is 4.56. The number of aromatic nitrogens is 2. The van der Waals surface area contributed by atoms with E-state index < -0.39 is 0 Å². The minimum absolute atomic E-state index is 0.0837. The van der Waals surface area contributed by atoms with Crippen LogP contribution in [-0.4, -0.2) is 80.5 Å². The number of piperazine rings is 1. The summed E-state index contributed by atoms with van der Waals surface area (Å²) >= 11 is 0. The number of aryl methyl sites for hydroxylation is 1. The number of urea groups is 1. The van der Waals surface area contributed by atoms with Gasteiger partial charge in [-0.25, -0.2) is 9.78 Å². The summed E-state index contributed by atoms with van der Waals surface area (Å²) in [6, 6.07) is 7.48. The van der Waals surface area contributed by atoms with Crippen LogP contribution in [0.2, 0.25) is 0 Å². The lowest BCUT2D eigenvalue weighted by Gasteiger charge is -2.36. The van der Waals surface area contributed by atoms with Gasteiger partial charge in [-0.1, -0.05) is 0 Å². The molecule has 2 aliphatic heterocycles. The third-order valence-corrected chi connectivity index (χ3v) is 5.49. The van der Waals surface area contributed by atoms with Gasteiger partial charge in [0.15, 0.2) is 0 Å². The van der Waals surface area contributed by atoms with E-state index in [-0.39, 0.29) is 6.03 Å². The molecule has 0 spiro atoms. The molecule has 0 atom stereocenters. The summed E-state index contributed by atoms with van der Waals surface area (Å²) in [6.07, 6.45) is 1.80. The molecule has 0 radical (unpaired) electrons. The van der Waals surface area contributed by atoms with E-state index in [1.807, 2.05) is 36.1 Å². The van der Waals surface area contributed by atoms with Crippen LogP contribution in [0.3, 0.4) is 0 Å². The van der Waals surface area contributed by atoms with E-state index in [1.165, 1.54) is 0 Å². The average molecular weight is 412 g/mol. The Morgan fingerprint density at radius 2 is 1.83 bits per heavy atom. The quantitative estimate of drug-likeness (QED) is 0.822. The summed E-state index contributed by atoms with van der Waals surface area (Å²) in [4.78, 5) is 28.0. The van der Waals surface area contributed by atoms with Crippen LogP contribution in [0.5, 0.6) is 5.75 Å². The lowest BCUT2D eigenvalue weighted by atomic mass is 10.2. The molecule has 4 rings (SSSR count). The highest BCUT2D eigenvalue weighted by Crippen LogP contribution is 2.22. The van der Waals surface area contributed by atoms with Crippen LogP contribution >= 0.6 is 0 Å². The molecule has 0 bridgehead atoms. The summed E-state index contributed by atoms with van der Waals surface area (Å²) in [5, 5.41) is 3.01. The van der Waals surface area contributed by atoms with Gasteiger partial charge in [0.1, 0.15) is 11.6 Å². The Morgan fingerprint density at radius 3 is 2.53 bits per heavy atom. The Morgan fingerprint density at radius 1 is 1.07 bits per heavy atom. The molecule has 2 fully saturated rings. The van der Waals surface area contributed by atoms with Gasteiger partial charge in [0.05, 0.1) is 20.3 Å². The van der Waals surface area contributed by atoms with Crippen molar-refractivity contribution in [1.82, 2.24) is 14.9 Å². The van der Waals surface area contributed by atoms with Crippen molar-refractivity contribution < 1.29 is 14.3 Å². The highest BCUT2D eigenvalue weighted by Gasteiger charge is 2.23. The predicted molar refractivity (Wildman–Crippen MR) is 116 cm³/mol. The summed E-state index contributed by atoms with van der Waals surface area (Å²) in [7, 11) is 1.63. The van der Waals surface area contributed by atoms with Crippen molar-refractivity contribution in [1.29, 1.82) is 0 Å². The number of rotatable bonds is 4.